The van der Waals surface area contributed by atoms with Gasteiger partial charge >= 0.3 is 0 Å². The summed E-state index contributed by atoms with van der Waals surface area (Å²) >= 11 is 0. The molecule has 1 heteroatoms. The average Bonchev–Trinajstić information content (AvgIpc) is 2.16. The molecule has 0 N–H and O–H groups in total. The second-order valence-corrected chi connectivity index (χ2v) is 4.08. The van der Waals surface area contributed by atoms with E-state index in [-0.39, 0.29) is 0 Å². The summed E-state index contributed by atoms with van der Waals surface area (Å²) < 4.78 is 0. The molecule has 0 spiro atoms. The van der Waals surface area contributed by atoms with Crippen molar-refractivity contribution in [1.29, 1.82) is 0 Å². The van der Waals surface area contributed by atoms with Crippen LogP contribution < -0.4 is 0 Å². The van der Waals surface area contributed by atoms with Crippen LogP contribution >= 0.6 is 0 Å². The number of rotatable bonds is 5. The predicted octanol–water partition coefficient (Wildman–Crippen LogP) is 3.83. The van der Waals surface area contributed by atoms with E-state index in [9.17, 15) is 0 Å². The first-order valence-corrected chi connectivity index (χ1v) is 5.61. The van der Waals surface area contributed by atoms with E-state index in [1.54, 1.807) is 0 Å². The Balaban J connectivity index is 4.67. The van der Waals surface area contributed by atoms with Gasteiger partial charge in [0.25, 0.3) is 0 Å². The molecule has 14 heavy (non-hydrogen) atoms. The monoisotopic (exact) mass is 195 g/mol. The number of nitrogens with zero attached hydrogens (tertiary/aromatic N) is 1. The summed E-state index contributed by atoms with van der Waals surface area (Å²) in [5.74, 6) is 0.635. The second-order valence-electron chi connectivity index (χ2n) is 4.08. The van der Waals surface area contributed by atoms with Gasteiger partial charge < -0.3 is 4.90 Å². The minimum Gasteiger partial charge on any atom is -0.378 e. The minimum absolute atomic E-state index is 0.635. The van der Waals surface area contributed by atoms with Crippen LogP contribution in [0.5, 0.6) is 0 Å². The Labute approximate surface area is 89.5 Å². The van der Waals surface area contributed by atoms with Crippen molar-refractivity contribution in [3.63, 3.8) is 0 Å². The molecule has 82 valence electrons. The molecule has 0 aromatic carbocycles. The van der Waals surface area contributed by atoms with E-state index in [4.69, 9.17) is 0 Å². The maximum Gasteiger partial charge on any atom is 0.0143 e. The molecule has 0 bridgehead atoms. The van der Waals surface area contributed by atoms with E-state index in [0.717, 1.165) is 13.0 Å². The molecule has 0 aliphatic heterocycles. The maximum atomic E-state index is 2.30. The van der Waals surface area contributed by atoms with Crippen molar-refractivity contribution in [2.45, 2.75) is 41.0 Å². The summed E-state index contributed by atoms with van der Waals surface area (Å²) in [5, 5.41) is 0. The van der Waals surface area contributed by atoms with Crippen LogP contribution in [0, 0.1) is 5.92 Å². The first-order chi connectivity index (χ1) is 6.52. The van der Waals surface area contributed by atoms with E-state index in [0.29, 0.717) is 5.92 Å². The lowest BCUT2D eigenvalue weighted by Crippen LogP contribution is -2.16. The van der Waals surface area contributed by atoms with Crippen molar-refractivity contribution in [2.24, 2.45) is 5.92 Å². The lowest BCUT2D eigenvalue weighted by Gasteiger charge is -2.20. The zero-order valence-corrected chi connectivity index (χ0v) is 10.6. The Kier molecular flexibility index (Phi) is 6.35. The quantitative estimate of drug-likeness (QED) is 0.603. The molecule has 0 aliphatic rings. The molecule has 0 unspecified atom stereocenters. The lowest BCUT2D eigenvalue weighted by atomic mass is 10.1. The fourth-order valence-electron chi connectivity index (χ4n) is 1.29. The van der Waals surface area contributed by atoms with E-state index >= 15 is 0 Å². The van der Waals surface area contributed by atoms with Gasteiger partial charge in [0.05, 0.1) is 0 Å². The molecule has 0 aromatic heterocycles. The summed E-state index contributed by atoms with van der Waals surface area (Å²) in [4.78, 5) is 2.30. The molecule has 0 rings (SSSR count). The molecule has 0 fully saturated rings. The van der Waals surface area contributed by atoms with Crippen molar-refractivity contribution < 1.29 is 0 Å². The highest BCUT2D eigenvalue weighted by atomic mass is 15.1. The van der Waals surface area contributed by atoms with Crippen LogP contribution in [-0.4, -0.2) is 18.5 Å². The largest absolute Gasteiger partial charge is 0.378 e. The summed E-state index contributed by atoms with van der Waals surface area (Å²) in [6, 6.07) is 0. The third kappa shape index (κ3) is 4.50. The van der Waals surface area contributed by atoms with Crippen molar-refractivity contribution in [1.82, 2.24) is 4.90 Å². The molecule has 0 saturated heterocycles. The highest BCUT2D eigenvalue weighted by Crippen LogP contribution is 2.14. The van der Waals surface area contributed by atoms with Crippen LogP contribution in [0.25, 0.3) is 0 Å². The van der Waals surface area contributed by atoms with Gasteiger partial charge in [-0.1, -0.05) is 32.9 Å². The van der Waals surface area contributed by atoms with E-state index < -0.39 is 0 Å². The van der Waals surface area contributed by atoms with E-state index in [1.807, 2.05) is 0 Å². The van der Waals surface area contributed by atoms with Crippen LogP contribution in [0.3, 0.4) is 0 Å². The zero-order valence-electron chi connectivity index (χ0n) is 10.6. The molecular weight excluding hydrogens is 170 g/mol. The molecule has 0 aromatic rings. The first kappa shape index (κ1) is 13.3. The Hall–Kier alpha value is -0.720. The Morgan fingerprint density at radius 2 is 1.86 bits per heavy atom. The maximum absolute atomic E-state index is 2.30. The van der Waals surface area contributed by atoms with Gasteiger partial charge in [0.2, 0.25) is 0 Å². The van der Waals surface area contributed by atoms with E-state index in [1.165, 1.54) is 11.3 Å². The highest BCUT2D eigenvalue weighted by Gasteiger charge is 2.01. The third-order valence-corrected chi connectivity index (χ3v) is 2.57. The Morgan fingerprint density at radius 3 is 2.21 bits per heavy atom. The predicted molar refractivity (Wildman–Crippen MR) is 65.3 cm³/mol. The van der Waals surface area contributed by atoms with Gasteiger partial charge in [0.1, 0.15) is 0 Å². The van der Waals surface area contributed by atoms with Gasteiger partial charge in [-0.3, -0.25) is 0 Å². The Bertz CT molecular complexity index is 211. The van der Waals surface area contributed by atoms with E-state index in [2.05, 4.69) is 58.7 Å². The number of hydrogen-bond donors (Lipinski definition) is 0. The lowest BCUT2D eigenvalue weighted by molar-refractivity contribution is 0.438. The van der Waals surface area contributed by atoms with Crippen LogP contribution in [0.2, 0.25) is 0 Å². The molecule has 0 aliphatic carbocycles. The summed E-state index contributed by atoms with van der Waals surface area (Å²) in [6.07, 6.45) is 5.65. The molecule has 0 heterocycles. The fourth-order valence-corrected chi connectivity index (χ4v) is 1.29. The zero-order chi connectivity index (χ0) is 11.1. The van der Waals surface area contributed by atoms with Gasteiger partial charge in [-0.05, 0) is 31.8 Å². The molecule has 0 saturated carbocycles. The third-order valence-electron chi connectivity index (χ3n) is 2.57. The second kappa shape index (κ2) is 6.69. The molecule has 0 amide bonds. The van der Waals surface area contributed by atoms with Crippen LogP contribution in [0.4, 0.5) is 0 Å². The van der Waals surface area contributed by atoms with Crippen molar-refractivity contribution >= 4 is 0 Å². The molecule has 1 nitrogen and oxygen atoms in total. The molecular formula is C13H25N. The summed E-state index contributed by atoms with van der Waals surface area (Å²) in [6.45, 7) is 12.1. The standard InChI is InChI=1S/C13H25N/c1-7-13(10-9-11(3)4)12(5)14(6)8-2/h9-11H,7-8H2,1-6H3/b10-9-,13-12+. The van der Waals surface area contributed by atoms with Crippen molar-refractivity contribution in [2.75, 3.05) is 13.6 Å². The smallest absolute Gasteiger partial charge is 0.0143 e. The van der Waals surface area contributed by atoms with Crippen LogP contribution in [0.15, 0.2) is 23.4 Å². The van der Waals surface area contributed by atoms with Crippen LogP contribution in [0.1, 0.15) is 41.0 Å². The van der Waals surface area contributed by atoms with Gasteiger partial charge in [-0.2, -0.15) is 0 Å². The van der Waals surface area contributed by atoms with Crippen molar-refractivity contribution in [3.8, 4) is 0 Å². The molecule has 0 atom stereocenters. The van der Waals surface area contributed by atoms with Gasteiger partial charge in [-0.15, -0.1) is 0 Å². The summed E-state index contributed by atoms with van der Waals surface area (Å²) in [5.41, 5.74) is 2.84. The van der Waals surface area contributed by atoms with Gasteiger partial charge in [0.15, 0.2) is 0 Å². The van der Waals surface area contributed by atoms with Crippen molar-refractivity contribution in [3.05, 3.63) is 23.4 Å². The fraction of sp³-hybridized carbons (Fsp3) is 0.692. The summed E-state index contributed by atoms with van der Waals surface area (Å²) in [7, 11) is 2.15. The van der Waals surface area contributed by atoms with Gasteiger partial charge in [0, 0.05) is 19.3 Å². The normalized spacial score (nSPS) is 13.6. The Morgan fingerprint density at radius 1 is 1.29 bits per heavy atom. The first-order valence-electron chi connectivity index (χ1n) is 5.61. The number of allylic oxidation sites excluding steroid dienone is 4. The van der Waals surface area contributed by atoms with Crippen LogP contribution in [-0.2, 0) is 0 Å². The van der Waals surface area contributed by atoms with Gasteiger partial charge in [-0.25, -0.2) is 0 Å². The SMILES string of the molecule is CCC(/C=C\C(C)C)=C(/C)N(C)CC. The average molecular weight is 195 g/mol. The molecule has 0 radical (unpaired) electrons. The topological polar surface area (TPSA) is 3.24 Å². The number of hydrogen-bond acceptors (Lipinski definition) is 1. The minimum atomic E-state index is 0.635. The highest BCUT2D eigenvalue weighted by molar-refractivity contribution is 5.23.